The average molecular weight is 426 g/mol. The van der Waals surface area contributed by atoms with Crippen LogP contribution in [0, 0.1) is 22.5 Å². The smallest absolute Gasteiger partial charge is 0.311 e. The quantitative estimate of drug-likeness (QED) is 0.360. The minimum atomic E-state index is -0.503. The van der Waals surface area contributed by atoms with Crippen molar-refractivity contribution in [3.8, 4) is 5.75 Å². The molecule has 0 heterocycles. The number of nitrogens with one attached hydrogen (secondary N) is 1. The molecule has 0 unspecified atom stereocenters. The van der Waals surface area contributed by atoms with Gasteiger partial charge < -0.3 is 4.74 Å². The predicted octanol–water partition coefficient (Wildman–Crippen LogP) is 5.15. The maximum Gasteiger partial charge on any atom is 0.311 e. The molecule has 166 valence electrons. The van der Waals surface area contributed by atoms with Crippen LogP contribution < -0.4 is 10.2 Å². The summed E-state index contributed by atoms with van der Waals surface area (Å²) in [7, 11) is 0. The number of nitrogens with zero attached hydrogens (tertiary/aromatic N) is 2. The summed E-state index contributed by atoms with van der Waals surface area (Å²) in [5, 5.41) is 15.5. The number of hydrazone groups is 1. The van der Waals surface area contributed by atoms with E-state index in [1.807, 2.05) is 37.3 Å². The van der Waals surface area contributed by atoms with Gasteiger partial charge in [-0.15, -0.1) is 0 Å². The van der Waals surface area contributed by atoms with Crippen LogP contribution in [0.3, 0.4) is 0 Å². The van der Waals surface area contributed by atoms with Gasteiger partial charge in [-0.3, -0.25) is 14.9 Å². The van der Waals surface area contributed by atoms with Gasteiger partial charge in [0, 0.05) is 6.07 Å². The monoisotopic (exact) mass is 425 g/mol. The molecule has 0 atom stereocenters. The van der Waals surface area contributed by atoms with E-state index in [-0.39, 0.29) is 28.9 Å². The van der Waals surface area contributed by atoms with Crippen LogP contribution in [0.2, 0.25) is 0 Å². The third-order valence-electron chi connectivity index (χ3n) is 4.85. The lowest BCUT2D eigenvalue weighted by atomic mass is 9.72. The molecule has 0 aliphatic rings. The number of hydrogen-bond acceptors (Lipinski definition) is 5. The van der Waals surface area contributed by atoms with Crippen molar-refractivity contribution >= 4 is 17.8 Å². The van der Waals surface area contributed by atoms with Crippen LogP contribution in [0.25, 0.3) is 0 Å². The summed E-state index contributed by atoms with van der Waals surface area (Å²) in [5.74, 6) is -0.449. The van der Waals surface area contributed by atoms with E-state index in [4.69, 9.17) is 4.74 Å². The van der Waals surface area contributed by atoms with Gasteiger partial charge in [-0.2, -0.15) is 5.10 Å². The first-order valence-electron chi connectivity index (χ1n) is 10.2. The number of ether oxygens (including phenoxy) is 1. The van der Waals surface area contributed by atoms with Crippen molar-refractivity contribution in [1.82, 2.24) is 5.43 Å². The Balaban J connectivity index is 2.06. The van der Waals surface area contributed by atoms with E-state index in [0.29, 0.717) is 0 Å². The van der Waals surface area contributed by atoms with Gasteiger partial charge in [0.15, 0.2) is 12.4 Å². The summed E-state index contributed by atoms with van der Waals surface area (Å²) in [6, 6.07) is 12.5. The van der Waals surface area contributed by atoms with Crippen LogP contribution in [-0.4, -0.2) is 23.7 Å². The molecule has 0 saturated carbocycles. The van der Waals surface area contributed by atoms with Crippen LogP contribution in [-0.2, 0) is 10.2 Å². The topological polar surface area (TPSA) is 93.8 Å². The Labute approximate surface area is 183 Å². The Morgan fingerprint density at radius 3 is 2.45 bits per heavy atom. The zero-order valence-electron chi connectivity index (χ0n) is 19.1. The van der Waals surface area contributed by atoms with Gasteiger partial charge in [-0.05, 0) is 46.9 Å². The van der Waals surface area contributed by atoms with Gasteiger partial charge >= 0.3 is 5.69 Å². The van der Waals surface area contributed by atoms with E-state index in [9.17, 15) is 14.9 Å². The molecule has 1 N–H and O–H groups in total. The number of benzene rings is 2. The number of amides is 1. The minimum absolute atomic E-state index is 0.0540. The van der Waals surface area contributed by atoms with E-state index in [2.05, 4.69) is 45.1 Å². The minimum Gasteiger partial charge on any atom is -0.477 e. The normalized spacial score (nSPS) is 12.1. The van der Waals surface area contributed by atoms with Crippen molar-refractivity contribution < 1.29 is 14.5 Å². The van der Waals surface area contributed by atoms with Crippen LogP contribution in [0.15, 0.2) is 47.6 Å². The van der Waals surface area contributed by atoms with Crippen LogP contribution in [0.1, 0.15) is 57.7 Å². The van der Waals surface area contributed by atoms with Gasteiger partial charge in [0.2, 0.25) is 0 Å². The van der Waals surface area contributed by atoms with Gasteiger partial charge in [-0.1, -0.05) is 65.0 Å². The number of nitro groups is 1. The van der Waals surface area contributed by atoms with Crippen molar-refractivity contribution in [2.45, 2.75) is 53.4 Å². The molecule has 0 aliphatic carbocycles. The highest BCUT2D eigenvalue weighted by Crippen LogP contribution is 2.39. The average Bonchev–Trinajstić information content (AvgIpc) is 2.65. The Bertz CT molecular complexity index is 975. The SMILES string of the molecule is Cc1ccccc1/C=N/NC(=O)COc1ccc(C(C)(C)CC(C)(C)C)cc1[N+](=O)[O-]. The fraction of sp³-hybridized carbons (Fsp3) is 0.417. The fourth-order valence-corrected chi connectivity index (χ4v) is 3.71. The third-order valence-corrected chi connectivity index (χ3v) is 4.85. The van der Waals surface area contributed by atoms with Gasteiger partial charge in [0.05, 0.1) is 11.1 Å². The number of rotatable bonds is 8. The van der Waals surface area contributed by atoms with E-state index >= 15 is 0 Å². The third kappa shape index (κ3) is 7.20. The molecule has 2 aromatic rings. The second kappa shape index (κ2) is 9.73. The summed E-state index contributed by atoms with van der Waals surface area (Å²) in [4.78, 5) is 23.1. The standard InChI is InChI=1S/C24H31N3O4/c1-17-9-7-8-10-18(17)14-25-26-22(28)15-31-21-12-11-19(13-20(21)27(29)30)24(5,6)16-23(2,3)4/h7-14H,15-16H2,1-6H3,(H,26,28)/b25-14+. The van der Waals surface area contributed by atoms with Crippen LogP contribution >= 0.6 is 0 Å². The summed E-state index contributed by atoms with van der Waals surface area (Å²) in [5.41, 5.74) is 4.81. The molecule has 0 bridgehead atoms. The first kappa shape index (κ1) is 24.1. The lowest BCUT2D eigenvalue weighted by Crippen LogP contribution is -2.26. The molecular weight excluding hydrogens is 394 g/mol. The van der Waals surface area contributed by atoms with E-state index in [1.54, 1.807) is 12.3 Å². The molecule has 7 nitrogen and oxygen atoms in total. The molecule has 0 aliphatic heterocycles. The number of aryl methyl sites for hydroxylation is 1. The van der Waals surface area contributed by atoms with Gasteiger partial charge in [0.25, 0.3) is 5.91 Å². The molecule has 0 radical (unpaired) electrons. The summed E-state index contributed by atoms with van der Waals surface area (Å²) >= 11 is 0. The first-order chi connectivity index (χ1) is 14.4. The largest absolute Gasteiger partial charge is 0.477 e. The molecule has 0 saturated heterocycles. The summed E-state index contributed by atoms with van der Waals surface area (Å²) in [6.45, 7) is 12.1. The molecule has 2 rings (SSSR count). The Morgan fingerprint density at radius 2 is 1.84 bits per heavy atom. The van der Waals surface area contributed by atoms with Crippen LogP contribution in [0.4, 0.5) is 5.69 Å². The highest BCUT2D eigenvalue weighted by Gasteiger charge is 2.29. The van der Waals surface area contributed by atoms with Gasteiger partial charge in [0.1, 0.15) is 0 Å². The number of carbonyl (C=O) groups is 1. The lowest BCUT2D eigenvalue weighted by Gasteiger charge is -2.33. The lowest BCUT2D eigenvalue weighted by molar-refractivity contribution is -0.385. The van der Waals surface area contributed by atoms with Crippen LogP contribution in [0.5, 0.6) is 5.75 Å². The van der Waals surface area contributed by atoms with E-state index < -0.39 is 10.8 Å². The fourth-order valence-electron chi connectivity index (χ4n) is 3.71. The zero-order chi connectivity index (χ0) is 23.2. The molecule has 0 spiro atoms. The Kier molecular flexibility index (Phi) is 7.55. The predicted molar refractivity (Wildman–Crippen MR) is 123 cm³/mol. The molecule has 1 amide bonds. The highest BCUT2D eigenvalue weighted by atomic mass is 16.6. The maximum atomic E-state index is 12.0. The summed E-state index contributed by atoms with van der Waals surface area (Å²) < 4.78 is 5.43. The van der Waals surface area contributed by atoms with Gasteiger partial charge in [-0.25, -0.2) is 5.43 Å². The Morgan fingerprint density at radius 1 is 1.16 bits per heavy atom. The van der Waals surface area contributed by atoms with Crippen molar-refractivity contribution in [3.05, 3.63) is 69.3 Å². The molecule has 31 heavy (non-hydrogen) atoms. The number of hydrogen-bond donors (Lipinski definition) is 1. The van der Waals surface area contributed by atoms with Crippen molar-refractivity contribution in [2.24, 2.45) is 10.5 Å². The number of carbonyl (C=O) groups excluding carboxylic acids is 1. The Hall–Kier alpha value is -3.22. The molecule has 2 aromatic carbocycles. The number of nitro benzene ring substituents is 1. The van der Waals surface area contributed by atoms with Crippen molar-refractivity contribution in [3.63, 3.8) is 0 Å². The van der Waals surface area contributed by atoms with Crippen molar-refractivity contribution in [2.75, 3.05) is 6.61 Å². The summed E-state index contributed by atoms with van der Waals surface area (Å²) in [6.07, 6.45) is 2.40. The van der Waals surface area contributed by atoms with E-state index in [0.717, 1.165) is 23.1 Å². The second-order valence-electron chi connectivity index (χ2n) is 9.50. The molecular formula is C24H31N3O4. The molecule has 7 heteroatoms. The zero-order valence-corrected chi connectivity index (χ0v) is 19.1. The molecule has 0 fully saturated rings. The second-order valence-corrected chi connectivity index (χ2v) is 9.50. The van der Waals surface area contributed by atoms with Crippen molar-refractivity contribution in [1.29, 1.82) is 0 Å². The highest BCUT2D eigenvalue weighted by molar-refractivity contribution is 5.84. The molecule has 0 aromatic heterocycles. The van der Waals surface area contributed by atoms with E-state index in [1.165, 1.54) is 6.07 Å². The first-order valence-corrected chi connectivity index (χ1v) is 10.2. The maximum absolute atomic E-state index is 12.0.